The van der Waals surface area contributed by atoms with Crippen LogP contribution in [0.3, 0.4) is 0 Å². The molecule has 0 atom stereocenters. The number of amides is 1. The molecule has 1 N–H and O–H groups in total. The number of rotatable bonds is 7. The SMILES string of the molecule is COc1ccc(-c2csc(NC(=O)CN(C)S(=O)(=O)c3ccc(C)cc3)n2)cc1F. The third kappa shape index (κ3) is 4.84. The molecule has 0 aliphatic rings. The second kappa shape index (κ2) is 8.90. The van der Waals surface area contributed by atoms with Gasteiger partial charge in [0, 0.05) is 18.0 Å². The average Bonchev–Trinajstić information content (AvgIpc) is 3.16. The summed E-state index contributed by atoms with van der Waals surface area (Å²) in [6, 6.07) is 10.8. The minimum Gasteiger partial charge on any atom is -0.494 e. The zero-order valence-corrected chi connectivity index (χ0v) is 18.2. The van der Waals surface area contributed by atoms with Crippen LogP contribution >= 0.6 is 11.3 Å². The lowest BCUT2D eigenvalue weighted by molar-refractivity contribution is -0.116. The second-order valence-electron chi connectivity index (χ2n) is 6.51. The van der Waals surface area contributed by atoms with Gasteiger partial charge in [0.1, 0.15) is 0 Å². The molecule has 1 heterocycles. The largest absolute Gasteiger partial charge is 0.494 e. The van der Waals surface area contributed by atoms with Gasteiger partial charge in [0.25, 0.3) is 0 Å². The third-order valence-corrected chi connectivity index (χ3v) is 6.87. The number of carbonyl (C=O) groups is 1. The molecule has 2 aromatic carbocycles. The van der Waals surface area contributed by atoms with Gasteiger partial charge >= 0.3 is 0 Å². The topological polar surface area (TPSA) is 88.6 Å². The molecule has 158 valence electrons. The van der Waals surface area contributed by atoms with Gasteiger partial charge in [0.15, 0.2) is 16.7 Å². The predicted octanol–water partition coefficient (Wildman–Crippen LogP) is 3.53. The summed E-state index contributed by atoms with van der Waals surface area (Å²) in [7, 11) is -1.08. The number of sulfonamides is 1. The first kappa shape index (κ1) is 21.9. The fourth-order valence-electron chi connectivity index (χ4n) is 2.63. The van der Waals surface area contributed by atoms with Gasteiger partial charge < -0.3 is 10.1 Å². The van der Waals surface area contributed by atoms with Crippen molar-refractivity contribution in [1.82, 2.24) is 9.29 Å². The van der Waals surface area contributed by atoms with E-state index >= 15 is 0 Å². The van der Waals surface area contributed by atoms with Crippen LogP contribution in [0.5, 0.6) is 5.75 Å². The highest BCUT2D eigenvalue weighted by Gasteiger charge is 2.23. The fourth-order valence-corrected chi connectivity index (χ4v) is 4.49. The standard InChI is InChI=1S/C20H20FN3O4S2/c1-13-4-7-15(8-5-13)30(26,27)24(2)11-19(25)23-20-22-17(12-29-20)14-6-9-18(28-3)16(21)10-14/h4-10,12H,11H2,1-3H3,(H,22,23,25). The van der Waals surface area contributed by atoms with Gasteiger partial charge in [-0.3, -0.25) is 4.79 Å². The monoisotopic (exact) mass is 449 g/mol. The molecule has 1 aromatic heterocycles. The molecule has 0 saturated heterocycles. The van der Waals surface area contributed by atoms with E-state index in [1.54, 1.807) is 23.6 Å². The van der Waals surface area contributed by atoms with Crippen LogP contribution in [0.25, 0.3) is 11.3 Å². The number of anilines is 1. The number of likely N-dealkylation sites (N-methyl/N-ethyl adjacent to an activating group) is 1. The van der Waals surface area contributed by atoms with Crippen LogP contribution in [0.1, 0.15) is 5.56 Å². The lowest BCUT2D eigenvalue weighted by Crippen LogP contribution is -2.34. The second-order valence-corrected chi connectivity index (χ2v) is 9.41. The minimum atomic E-state index is -3.79. The highest BCUT2D eigenvalue weighted by Crippen LogP contribution is 2.28. The molecular weight excluding hydrogens is 429 g/mol. The Morgan fingerprint density at radius 1 is 1.23 bits per heavy atom. The fraction of sp³-hybridized carbons (Fsp3) is 0.200. The Balaban J connectivity index is 1.67. The van der Waals surface area contributed by atoms with Crippen LogP contribution in [0.15, 0.2) is 52.7 Å². The highest BCUT2D eigenvalue weighted by atomic mass is 32.2. The summed E-state index contributed by atoms with van der Waals surface area (Å²) in [4.78, 5) is 16.7. The normalized spacial score (nSPS) is 11.5. The summed E-state index contributed by atoms with van der Waals surface area (Å²) >= 11 is 1.16. The van der Waals surface area contributed by atoms with Gasteiger partial charge in [0.2, 0.25) is 15.9 Å². The molecule has 0 spiro atoms. The van der Waals surface area contributed by atoms with Gasteiger partial charge in [-0.2, -0.15) is 4.31 Å². The molecule has 3 aromatic rings. The van der Waals surface area contributed by atoms with Crippen LogP contribution in [-0.2, 0) is 14.8 Å². The van der Waals surface area contributed by atoms with Crippen molar-refractivity contribution in [3.8, 4) is 17.0 Å². The molecule has 0 bridgehead atoms. The number of nitrogens with one attached hydrogen (secondary N) is 1. The van der Waals surface area contributed by atoms with E-state index in [0.29, 0.717) is 11.3 Å². The zero-order valence-electron chi connectivity index (χ0n) is 16.5. The minimum absolute atomic E-state index is 0.112. The summed E-state index contributed by atoms with van der Waals surface area (Å²) in [5.74, 6) is -0.924. The van der Waals surface area contributed by atoms with Crippen molar-refractivity contribution in [3.05, 3.63) is 59.2 Å². The molecule has 0 radical (unpaired) electrons. The number of ether oxygens (including phenoxy) is 1. The maximum absolute atomic E-state index is 13.9. The van der Waals surface area contributed by atoms with Crippen molar-refractivity contribution in [3.63, 3.8) is 0 Å². The van der Waals surface area contributed by atoms with Crippen LogP contribution in [0.2, 0.25) is 0 Å². The average molecular weight is 450 g/mol. The van der Waals surface area contributed by atoms with E-state index in [1.807, 2.05) is 6.92 Å². The Kier molecular flexibility index (Phi) is 6.49. The molecule has 0 unspecified atom stereocenters. The Hall–Kier alpha value is -2.82. The van der Waals surface area contributed by atoms with Gasteiger partial charge in [0.05, 0.1) is 24.2 Å². The summed E-state index contributed by atoms with van der Waals surface area (Å²) in [6.07, 6.45) is 0. The number of hydrogen-bond donors (Lipinski definition) is 1. The predicted molar refractivity (Wildman–Crippen MR) is 114 cm³/mol. The van der Waals surface area contributed by atoms with Crippen molar-refractivity contribution in [1.29, 1.82) is 0 Å². The first-order chi connectivity index (χ1) is 14.2. The van der Waals surface area contributed by atoms with E-state index in [9.17, 15) is 17.6 Å². The number of nitrogens with zero attached hydrogens (tertiary/aromatic N) is 2. The summed E-state index contributed by atoms with van der Waals surface area (Å²) < 4.78 is 44.9. The highest BCUT2D eigenvalue weighted by molar-refractivity contribution is 7.89. The van der Waals surface area contributed by atoms with Gasteiger partial charge in [-0.25, -0.2) is 17.8 Å². The number of halogens is 1. The quantitative estimate of drug-likeness (QED) is 0.596. The number of carbonyl (C=O) groups excluding carboxylic acids is 1. The lowest BCUT2D eigenvalue weighted by atomic mass is 10.1. The molecule has 3 rings (SSSR count). The Morgan fingerprint density at radius 3 is 2.57 bits per heavy atom. The molecule has 0 saturated carbocycles. The Bertz CT molecular complexity index is 1160. The van der Waals surface area contributed by atoms with E-state index in [-0.39, 0.29) is 22.3 Å². The Labute approximate surface area is 178 Å². The molecule has 10 heteroatoms. The van der Waals surface area contributed by atoms with Crippen molar-refractivity contribution >= 4 is 32.4 Å². The van der Waals surface area contributed by atoms with Crippen LogP contribution in [0, 0.1) is 12.7 Å². The molecule has 30 heavy (non-hydrogen) atoms. The molecule has 1 amide bonds. The summed E-state index contributed by atoms with van der Waals surface area (Å²) in [5, 5.41) is 4.53. The van der Waals surface area contributed by atoms with E-state index < -0.39 is 21.7 Å². The first-order valence-corrected chi connectivity index (χ1v) is 11.1. The maximum atomic E-state index is 13.9. The van der Waals surface area contributed by atoms with Gasteiger partial charge in [-0.05, 0) is 37.3 Å². The van der Waals surface area contributed by atoms with E-state index in [1.165, 1.54) is 38.4 Å². The summed E-state index contributed by atoms with van der Waals surface area (Å²) in [6.45, 7) is 1.48. The zero-order chi connectivity index (χ0) is 21.9. The van der Waals surface area contributed by atoms with Gasteiger partial charge in [-0.15, -0.1) is 11.3 Å². The van der Waals surface area contributed by atoms with Crippen LogP contribution in [0.4, 0.5) is 9.52 Å². The van der Waals surface area contributed by atoms with Crippen molar-refractivity contribution < 1.29 is 22.3 Å². The van der Waals surface area contributed by atoms with Crippen molar-refractivity contribution in [2.24, 2.45) is 0 Å². The summed E-state index contributed by atoms with van der Waals surface area (Å²) in [5.41, 5.74) is 1.95. The van der Waals surface area contributed by atoms with Crippen LogP contribution in [-0.4, -0.2) is 44.3 Å². The van der Waals surface area contributed by atoms with E-state index in [0.717, 1.165) is 21.2 Å². The van der Waals surface area contributed by atoms with Crippen LogP contribution < -0.4 is 10.1 Å². The molecular formula is C20H20FN3O4S2. The van der Waals surface area contributed by atoms with Crippen molar-refractivity contribution in [2.75, 3.05) is 26.0 Å². The lowest BCUT2D eigenvalue weighted by Gasteiger charge is -2.16. The number of aromatic nitrogens is 1. The number of hydrogen-bond acceptors (Lipinski definition) is 6. The van der Waals surface area contributed by atoms with Crippen molar-refractivity contribution in [2.45, 2.75) is 11.8 Å². The third-order valence-electron chi connectivity index (χ3n) is 4.29. The number of methoxy groups -OCH3 is 1. The van der Waals surface area contributed by atoms with E-state index in [2.05, 4.69) is 10.3 Å². The molecule has 0 aliphatic heterocycles. The molecule has 0 aliphatic carbocycles. The molecule has 7 nitrogen and oxygen atoms in total. The first-order valence-electron chi connectivity index (χ1n) is 8.83. The van der Waals surface area contributed by atoms with E-state index in [4.69, 9.17) is 4.74 Å². The molecule has 0 fully saturated rings. The number of aryl methyl sites for hydroxylation is 1. The smallest absolute Gasteiger partial charge is 0.243 e. The van der Waals surface area contributed by atoms with Gasteiger partial charge in [-0.1, -0.05) is 17.7 Å². The Morgan fingerprint density at radius 2 is 1.93 bits per heavy atom. The maximum Gasteiger partial charge on any atom is 0.243 e. The number of benzene rings is 2. The number of thiazole rings is 1.